The van der Waals surface area contributed by atoms with Crippen LogP contribution in [0.2, 0.25) is 0 Å². The predicted octanol–water partition coefficient (Wildman–Crippen LogP) is 1.18. The summed E-state index contributed by atoms with van der Waals surface area (Å²) in [7, 11) is 0. The van der Waals surface area contributed by atoms with Crippen molar-refractivity contribution >= 4 is 11.9 Å². The lowest BCUT2D eigenvalue weighted by Crippen LogP contribution is -2.36. The van der Waals surface area contributed by atoms with Crippen LogP contribution in [0.5, 0.6) is 5.75 Å². The highest BCUT2D eigenvalue weighted by Crippen LogP contribution is 2.23. The Kier molecular flexibility index (Phi) is 4.42. The van der Waals surface area contributed by atoms with Crippen LogP contribution >= 0.6 is 0 Å². The molecule has 0 saturated heterocycles. The van der Waals surface area contributed by atoms with Crippen LogP contribution in [0, 0.1) is 0 Å². The van der Waals surface area contributed by atoms with Gasteiger partial charge >= 0.3 is 0 Å². The number of benzene rings is 1. The minimum absolute atomic E-state index is 0.0845. The van der Waals surface area contributed by atoms with E-state index in [2.05, 4.69) is 10.1 Å². The van der Waals surface area contributed by atoms with E-state index in [1.54, 1.807) is 23.1 Å². The highest BCUT2D eigenvalue weighted by Gasteiger charge is 2.20. The first-order valence-electron chi connectivity index (χ1n) is 6.74. The summed E-state index contributed by atoms with van der Waals surface area (Å²) in [6, 6.07) is 6.77. The molecule has 2 aromatic rings. The molecule has 2 rings (SSSR count). The van der Waals surface area contributed by atoms with Crippen LogP contribution in [0.3, 0.4) is 0 Å². The van der Waals surface area contributed by atoms with E-state index in [9.17, 15) is 9.90 Å². The number of anilines is 1. The molecule has 1 aromatic carbocycles. The number of aromatic hydroxyl groups is 1. The van der Waals surface area contributed by atoms with Crippen molar-refractivity contribution in [1.29, 1.82) is 0 Å². The van der Waals surface area contributed by atoms with Crippen molar-refractivity contribution in [2.45, 2.75) is 26.4 Å². The zero-order valence-electron chi connectivity index (χ0n) is 12.1. The quantitative estimate of drug-likeness (QED) is 0.861. The Morgan fingerprint density at radius 1 is 1.52 bits per heavy atom. The van der Waals surface area contributed by atoms with Crippen LogP contribution in [0.4, 0.5) is 5.95 Å². The number of aromatic nitrogens is 3. The Balaban J connectivity index is 2.12. The van der Waals surface area contributed by atoms with Crippen LogP contribution in [0.1, 0.15) is 25.5 Å². The molecule has 112 valence electrons. The first-order valence-corrected chi connectivity index (χ1v) is 6.74. The number of nitrogens with zero attached hydrogens (tertiary/aromatic N) is 4. The van der Waals surface area contributed by atoms with Crippen LogP contribution in [-0.4, -0.2) is 37.2 Å². The van der Waals surface area contributed by atoms with Crippen molar-refractivity contribution in [3.8, 4) is 5.75 Å². The monoisotopic (exact) mass is 289 g/mol. The summed E-state index contributed by atoms with van der Waals surface area (Å²) in [5.74, 6) is 0.247. The molecule has 1 heterocycles. The zero-order valence-corrected chi connectivity index (χ0v) is 12.1. The Morgan fingerprint density at radius 2 is 2.29 bits per heavy atom. The average Bonchev–Trinajstić information content (AvgIpc) is 2.84. The molecule has 1 unspecified atom stereocenters. The fourth-order valence-corrected chi connectivity index (χ4v) is 2.25. The molecule has 0 aliphatic carbocycles. The minimum atomic E-state index is -0.143. The second kappa shape index (κ2) is 6.25. The van der Waals surface area contributed by atoms with Gasteiger partial charge in [-0.2, -0.15) is 0 Å². The molecule has 1 amide bonds. The fraction of sp³-hybridized carbons (Fsp3) is 0.357. The summed E-state index contributed by atoms with van der Waals surface area (Å²) in [6.07, 6.45) is 1.43. The van der Waals surface area contributed by atoms with E-state index in [0.29, 0.717) is 6.54 Å². The van der Waals surface area contributed by atoms with Gasteiger partial charge in [0, 0.05) is 6.54 Å². The van der Waals surface area contributed by atoms with Gasteiger partial charge in [-0.05, 0) is 31.5 Å². The lowest BCUT2D eigenvalue weighted by molar-refractivity contribution is -0.134. The zero-order chi connectivity index (χ0) is 15.4. The molecule has 7 nitrogen and oxygen atoms in total. The number of hydrogen-bond donors (Lipinski definition) is 2. The van der Waals surface area contributed by atoms with E-state index >= 15 is 0 Å². The Labute approximate surface area is 123 Å². The highest BCUT2D eigenvalue weighted by molar-refractivity contribution is 5.76. The van der Waals surface area contributed by atoms with Crippen molar-refractivity contribution < 1.29 is 9.90 Å². The Morgan fingerprint density at radius 3 is 2.86 bits per heavy atom. The number of carbonyl (C=O) groups excluding carboxylic acids is 1. The maximum absolute atomic E-state index is 12.4. The normalized spacial score (nSPS) is 12.1. The standard InChI is InChI=1S/C14H19N5O2/c1-3-19(10(2)11-5-4-6-12(20)7-11)13(21)8-18-9-16-14(15)17-18/h4-7,9-10,20H,3,8H2,1-2H3,(H2,15,17). The summed E-state index contributed by atoms with van der Waals surface area (Å²) in [4.78, 5) is 17.9. The van der Waals surface area contributed by atoms with Crippen molar-refractivity contribution in [2.75, 3.05) is 12.3 Å². The number of nitrogens with two attached hydrogens (primary N) is 1. The third kappa shape index (κ3) is 3.50. The van der Waals surface area contributed by atoms with Crippen LogP contribution < -0.4 is 5.73 Å². The number of amides is 1. The van der Waals surface area contributed by atoms with Gasteiger partial charge < -0.3 is 15.7 Å². The number of rotatable bonds is 5. The second-order valence-electron chi connectivity index (χ2n) is 4.75. The van der Waals surface area contributed by atoms with Crippen LogP contribution in [-0.2, 0) is 11.3 Å². The Hall–Kier alpha value is -2.57. The minimum Gasteiger partial charge on any atom is -0.508 e. The number of likely N-dealkylation sites (N-methyl/N-ethyl adjacent to an activating group) is 1. The SMILES string of the molecule is CCN(C(=O)Cn1cnc(N)n1)C(C)c1cccc(O)c1. The third-order valence-corrected chi connectivity index (χ3v) is 3.33. The number of phenols is 1. The predicted molar refractivity (Wildman–Crippen MR) is 78.3 cm³/mol. The molecule has 7 heteroatoms. The number of nitrogen functional groups attached to an aromatic ring is 1. The van der Waals surface area contributed by atoms with Gasteiger partial charge in [0.1, 0.15) is 18.6 Å². The van der Waals surface area contributed by atoms with E-state index in [1.807, 2.05) is 19.9 Å². The summed E-state index contributed by atoms with van der Waals surface area (Å²) < 4.78 is 1.41. The van der Waals surface area contributed by atoms with Gasteiger partial charge in [-0.1, -0.05) is 12.1 Å². The van der Waals surface area contributed by atoms with Gasteiger partial charge in [0.15, 0.2) is 0 Å². The van der Waals surface area contributed by atoms with Gasteiger partial charge in [-0.15, -0.1) is 5.10 Å². The smallest absolute Gasteiger partial charge is 0.244 e. The van der Waals surface area contributed by atoms with Gasteiger partial charge in [0.2, 0.25) is 11.9 Å². The molecule has 1 aromatic heterocycles. The van der Waals surface area contributed by atoms with Crippen molar-refractivity contribution in [2.24, 2.45) is 0 Å². The van der Waals surface area contributed by atoms with Crippen molar-refractivity contribution in [3.63, 3.8) is 0 Å². The van der Waals surface area contributed by atoms with Gasteiger partial charge in [-0.3, -0.25) is 4.79 Å². The average molecular weight is 289 g/mol. The lowest BCUT2D eigenvalue weighted by atomic mass is 10.1. The Bertz CT molecular complexity index is 625. The molecule has 21 heavy (non-hydrogen) atoms. The van der Waals surface area contributed by atoms with E-state index in [-0.39, 0.29) is 30.2 Å². The third-order valence-electron chi connectivity index (χ3n) is 3.33. The second-order valence-corrected chi connectivity index (χ2v) is 4.75. The van der Waals surface area contributed by atoms with E-state index < -0.39 is 0 Å². The first-order chi connectivity index (χ1) is 10.0. The topological polar surface area (TPSA) is 97.3 Å². The van der Waals surface area contributed by atoms with E-state index in [4.69, 9.17) is 5.73 Å². The molecule has 0 aliphatic rings. The number of hydrogen-bond acceptors (Lipinski definition) is 5. The number of carbonyl (C=O) groups is 1. The maximum atomic E-state index is 12.4. The molecular weight excluding hydrogens is 270 g/mol. The molecule has 0 bridgehead atoms. The summed E-state index contributed by atoms with van der Waals surface area (Å²) in [5.41, 5.74) is 6.31. The summed E-state index contributed by atoms with van der Waals surface area (Å²) in [6.45, 7) is 4.47. The molecule has 0 radical (unpaired) electrons. The molecule has 0 saturated carbocycles. The molecular formula is C14H19N5O2. The molecule has 3 N–H and O–H groups in total. The summed E-state index contributed by atoms with van der Waals surface area (Å²) in [5, 5.41) is 13.5. The number of phenolic OH excluding ortho intramolecular Hbond substituents is 1. The fourth-order valence-electron chi connectivity index (χ4n) is 2.25. The van der Waals surface area contributed by atoms with Gasteiger partial charge in [-0.25, -0.2) is 9.67 Å². The summed E-state index contributed by atoms with van der Waals surface area (Å²) >= 11 is 0. The molecule has 0 aliphatic heterocycles. The molecule has 0 fully saturated rings. The largest absolute Gasteiger partial charge is 0.508 e. The maximum Gasteiger partial charge on any atom is 0.244 e. The van der Waals surface area contributed by atoms with Crippen LogP contribution in [0.15, 0.2) is 30.6 Å². The molecule has 1 atom stereocenters. The lowest BCUT2D eigenvalue weighted by Gasteiger charge is -2.28. The highest BCUT2D eigenvalue weighted by atomic mass is 16.3. The van der Waals surface area contributed by atoms with Crippen molar-refractivity contribution in [3.05, 3.63) is 36.2 Å². The van der Waals surface area contributed by atoms with Gasteiger partial charge in [0.25, 0.3) is 0 Å². The van der Waals surface area contributed by atoms with E-state index in [0.717, 1.165) is 5.56 Å². The van der Waals surface area contributed by atoms with Crippen LogP contribution in [0.25, 0.3) is 0 Å². The van der Waals surface area contributed by atoms with E-state index in [1.165, 1.54) is 11.0 Å². The molecule has 0 spiro atoms. The van der Waals surface area contributed by atoms with Crippen molar-refractivity contribution in [1.82, 2.24) is 19.7 Å². The van der Waals surface area contributed by atoms with Gasteiger partial charge in [0.05, 0.1) is 6.04 Å². The first kappa shape index (κ1) is 14.8.